The molecule has 116 valence electrons. The molecule has 4 nitrogen and oxygen atoms in total. The predicted molar refractivity (Wildman–Crippen MR) is 84.3 cm³/mol. The van der Waals surface area contributed by atoms with Gasteiger partial charge in [0.25, 0.3) is 0 Å². The van der Waals surface area contributed by atoms with Crippen LogP contribution >= 0.6 is 0 Å². The van der Waals surface area contributed by atoms with Crippen LogP contribution in [0.2, 0.25) is 0 Å². The highest BCUT2D eigenvalue weighted by Crippen LogP contribution is 2.30. The summed E-state index contributed by atoms with van der Waals surface area (Å²) in [5.74, 6) is 1.03. The largest absolute Gasteiger partial charge is 0.497 e. The number of hydrogen-bond acceptors (Lipinski definition) is 3. The van der Waals surface area contributed by atoms with Crippen molar-refractivity contribution < 1.29 is 9.53 Å². The molecule has 1 fully saturated rings. The van der Waals surface area contributed by atoms with Crippen molar-refractivity contribution in [2.45, 2.75) is 51.7 Å². The molecule has 0 aliphatic heterocycles. The average molecular weight is 290 g/mol. The van der Waals surface area contributed by atoms with E-state index >= 15 is 0 Å². The fourth-order valence-electron chi connectivity index (χ4n) is 2.56. The predicted octanol–water partition coefficient (Wildman–Crippen LogP) is 2.57. The first kappa shape index (κ1) is 15.8. The second-order valence-corrected chi connectivity index (χ2v) is 6.17. The smallest absolute Gasteiger partial charge is 0.242 e. The van der Waals surface area contributed by atoms with E-state index in [1.807, 2.05) is 49.9 Å². The summed E-state index contributed by atoms with van der Waals surface area (Å²) in [5, 5.41) is 3.28. The minimum atomic E-state index is -0.510. The monoisotopic (exact) mass is 290 g/mol. The molecule has 0 aromatic heterocycles. The third-order valence-corrected chi connectivity index (χ3v) is 3.91. The molecular formula is C17H26N2O2. The molecule has 1 aromatic carbocycles. The number of benzene rings is 1. The number of carbonyl (C=O) groups excluding carboxylic acids is 1. The van der Waals surface area contributed by atoms with Gasteiger partial charge < -0.3 is 15.0 Å². The Morgan fingerprint density at radius 1 is 1.33 bits per heavy atom. The van der Waals surface area contributed by atoms with Crippen LogP contribution in [0.25, 0.3) is 0 Å². The first-order valence-corrected chi connectivity index (χ1v) is 7.67. The Balaban J connectivity index is 2.10. The summed E-state index contributed by atoms with van der Waals surface area (Å²) in [7, 11) is 1.66. The number of amides is 1. The SMILES string of the molecule is CCNC(C)(C)C(=O)N(Cc1ccc(OC)cc1)C1CC1. The van der Waals surface area contributed by atoms with E-state index in [0.29, 0.717) is 12.6 Å². The van der Waals surface area contributed by atoms with Crippen LogP contribution in [0.15, 0.2) is 24.3 Å². The first-order chi connectivity index (χ1) is 9.97. The molecule has 4 heteroatoms. The summed E-state index contributed by atoms with van der Waals surface area (Å²) in [6.45, 7) is 7.41. The van der Waals surface area contributed by atoms with Gasteiger partial charge in [0, 0.05) is 12.6 Å². The molecule has 1 amide bonds. The van der Waals surface area contributed by atoms with Crippen LogP contribution in [-0.4, -0.2) is 36.0 Å². The van der Waals surface area contributed by atoms with Crippen LogP contribution in [-0.2, 0) is 11.3 Å². The number of rotatable bonds is 7. The summed E-state index contributed by atoms with van der Waals surface area (Å²) in [6.07, 6.45) is 2.23. The minimum absolute atomic E-state index is 0.183. The van der Waals surface area contributed by atoms with Crippen LogP contribution in [0.5, 0.6) is 5.75 Å². The fraction of sp³-hybridized carbons (Fsp3) is 0.588. The molecule has 1 aliphatic carbocycles. The molecule has 21 heavy (non-hydrogen) atoms. The molecule has 0 atom stereocenters. The van der Waals surface area contributed by atoms with Gasteiger partial charge in [-0.15, -0.1) is 0 Å². The minimum Gasteiger partial charge on any atom is -0.497 e. The van der Waals surface area contributed by atoms with Crippen LogP contribution in [0.3, 0.4) is 0 Å². The van der Waals surface area contributed by atoms with Crippen LogP contribution in [0.1, 0.15) is 39.2 Å². The number of nitrogens with one attached hydrogen (secondary N) is 1. The van der Waals surface area contributed by atoms with E-state index in [0.717, 1.165) is 30.7 Å². The molecule has 0 bridgehead atoms. The molecular weight excluding hydrogens is 264 g/mol. The highest BCUT2D eigenvalue weighted by atomic mass is 16.5. The van der Waals surface area contributed by atoms with E-state index in [4.69, 9.17) is 4.74 Å². The topological polar surface area (TPSA) is 41.6 Å². The number of carbonyl (C=O) groups is 1. The van der Waals surface area contributed by atoms with Crippen molar-refractivity contribution in [2.75, 3.05) is 13.7 Å². The molecule has 0 saturated heterocycles. The Hall–Kier alpha value is -1.55. The lowest BCUT2D eigenvalue weighted by Gasteiger charge is -2.33. The molecule has 0 heterocycles. The van der Waals surface area contributed by atoms with Crippen LogP contribution < -0.4 is 10.1 Å². The Morgan fingerprint density at radius 2 is 1.95 bits per heavy atom. The molecule has 1 N–H and O–H groups in total. The average Bonchev–Trinajstić information content (AvgIpc) is 3.29. The van der Waals surface area contributed by atoms with E-state index in [-0.39, 0.29) is 5.91 Å². The Morgan fingerprint density at radius 3 is 2.43 bits per heavy atom. The Kier molecular flexibility index (Phi) is 4.88. The number of nitrogens with zero attached hydrogens (tertiary/aromatic N) is 1. The maximum absolute atomic E-state index is 12.8. The van der Waals surface area contributed by atoms with Crippen molar-refractivity contribution in [1.29, 1.82) is 0 Å². The second-order valence-electron chi connectivity index (χ2n) is 6.17. The fourth-order valence-corrected chi connectivity index (χ4v) is 2.56. The van der Waals surface area contributed by atoms with Crippen molar-refractivity contribution in [3.05, 3.63) is 29.8 Å². The third kappa shape index (κ3) is 3.97. The van der Waals surface area contributed by atoms with Crippen molar-refractivity contribution in [1.82, 2.24) is 10.2 Å². The van der Waals surface area contributed by atoms with Gasteiger partial charge in [0.1, 0.15) is 5.75 Å². The van der Waals surface area contributed by atoms with Gasteiger partial charge in [-0.1, -0.05) is 19.1 Å². The standard InChI is InChI=1S/C17H26N2O2/c1-5-18-17(2,3)16(20)19(14-8-9-14)12-13-6-10-15(21-4)11-7-13/h6-7,10-11,14,18H,5,8-9,12H2,1-4H3. The normalized spacial score (nSPS) is 14.9. The zero-order chi connectivity index (χ0) is 15.5. The molecule has 1 aliphatic rings. The van der Waals surface area contributed by atoms with Gasteiger partial charge in [-0.2, -0.15) is 0 Å². The van der Waals surface area contributed by atoms with Gasteiger partial charge in [0.05, 0.1) is 12.6 Å². The van der Waals surface area contributed by atoms with Crippen LogP contribution in [0, 0.1) is 0 Å². The van der Waals surface area contributed by atoms with Gasteiger partial charge in [0.15, 0.2) is 0 Å². The molecule has 0 spiro atoms. The third-order valence-electron chi connectivity index (χ3n) is 3.91. The van der Waals surface area contributed by atoms with E-state index in [1.54, 1.807) is 7.11 Å². The quantitative estimate of drug-likeness (QED) is 0.839. The summed E-state index contributed by atoms with van der Waals surface area (Å²) in [5.41, 5.74) is 0.632. The second kappa shape index (κ2) is 6.48. The Labute approximate surface area is 127 Å². The van der Waals surface area contributed by atoms with E-state index in [2.05, 4.69) is 5.32 Å². The van der Waals surface area contributed by atoms with Crippen molar-refractivity contribution >= 4 is 5.91 Å². The van der Waals surface area contributed by atoms with Crippen molar-refractivity contribution in [3.63, 3.8) is 0 Å². The van der Waals surface area contributed by atoms with Crippen molar-refractivity contribution in [3.8, 4) is 5.75 Å². The maximum atomic E-state index is 12.8. The van der Waals surface area contributed by atoms with E-state index in [1.165, 1.54) is 0 Å². The van der Waals surface area contributed by atoms with E-state index < -0.39 is 5.54 Å². The molecule has 0 unspecified atom stereocenters. The van der Waals surface area contributed by atoms with Crippen molar-refractivity contribution in [2.24, 2.45) is 0 Å². The first-order valence-electron chi connectivity index (χ1n) is 7.67. The summed E-state index contributed by atoms with van der Waals surface area (Å²) in [4.78, 5) is 14.8. The molecule has 2 rings (SSSR count). The molecule has 0 radical (unpaired) electrons. The maximum Gasteiger partial charge on any atom is 0.242 e. The lowest BCUT2D eigenvalue weighted by atomic mass is 10.0. The van der Waals surface area contributed by atoms with Gasteiger partial charge >= 0.3 is 0 Å². The van der Waals surface area contributed by atoms with Gasteiger partial charge in [-0.3, -0.25) is 4.79 Å². The Bertz CT molecular complexity index is 478. The van der Waals surface area contributed by atoms with Gasteiger partial charge in [-0.05, 0) is 50.9 Å². The van der Waals surface area contributed by atoms with Gasteiger partial charge in [0.2, 0.25) is 5.91 Å². The van der Waals surface area contributed by atoms with Crippen LogP contribution in [0.4, 0.5) is 0 Å². The number of ether oxygens (including phenoxy) is 1. The summed E-state index contributed by atoms with van der Waals surface area (Å²) >= 11 is 0. The number of methoxy groups -OCH3 is 1. The summed E-state index contributed by atoms with van der Waals surface area (Å²) < 4.78 is 5.18. The van der Waals surface area contributed by atoms with E-state index in [9.17, 15) is 4.79 Å². The zero-order valence-electron chi connectivity index (χ0n) is 13.5. The summed E-state index contributed by atoms with van der Waals surface area (Å²) in [6, 6.07) is 8.35. The number of likely N-dealkylation sites (N-methyl/N-ethyl adjacent to an activating group) is 1. The lowest BCUT2D eigenvalue weighted by Crippen LogP contribution is -2.54. The highest BCUT2D eigenvalue weighted by Gasteiger charge is 2.39. The highest BCUT2D eigenvalue weighted by molar-refractivity contribution is 5.86. The number of hydrogen-bond donors (Lipinski definition) is 1. The zero-order valence-corrected chi connectivity index (χ0v) is 13.5. The van der Waals surface area contributed by atoms with Gasteiger partial charge in [-0.25, -0.2) is 0 Å². The molecule has 1 aromatic rings. The lowest BCUT2D eigenvalue weighted by molar-refractivity contribution is -0.138. The molecule has 1 saturated carbocycles.